The molecule has 0 aromatic heterocycles. The Balaban J connectivity index is 2.44. The van der Waals surface area contributed by atoms with E-state index >= 15 is 0 Å². The van der Waals surface area contributed by atoms with Gasteiger partial charge in [-0.1, -0.05) is 34.1 Å². The van der Waals surface area contributed by atoms with E-state index in [1.54, 1.807) is 0 Å². The first-order valence-corrected chi connectivity index (χ1v) is 5.18. The summed E-state index contributed by atoms with van der Waals surface area (Å²) in [5, 5.41) is 0. The lowest BCUT2D eigenvalue weighted by Gasteiger charge is -2.40. The fourth-order valence-corrected chi connectivity index (χ4v) is 1.41. The van der Waals surface area contributed by atoms with Crippen LogP contribution in [0.5, 0.6) is 0 Å². The van der Waals surface area contributed by atoms with Crippen LogP contribution in [0.1, 0.15) is 47.0 Å². The molecule has 14 heavy (non-hydrogen) atoms. The summed E-state index contributed by atoms with van der Waals surface area (Å²) in [6.07, 6.45) is 0.132. The fourth-order valence-electron chi connectivity index (χ4n) is 1.41. The molecule has 0 heterocycles. The van der Waals surface area contributed by atoms with Gasteiger partial charge in [0.1, 0.15) is 0 Å². The second kappa shape index (κ2) is 3.44. The Morgan fingerprint density at radius 2 is 1.71 bits per heavy atom. The molecule has 1 aliphatic carbocycles. The molecule has 1 fully saturated rings. The molecule has 0 saturated heterocycles. The molecule has 1 nitrogen and oxygen atoms in total. The molecule has 0 amide bonds. The summed E-state index contributed by atoms with van der Waals surface area (Å²) in [5.41, 5.74) is -1.12. The minimum Gasteiger partial charge on any atom is -0.320 e. The highest BCUT2D eigenvalue weighted by Gasteiger charge is 2.46. The van der Waals surface area contributed by atoms with Gasteiger partial charge in [-0.05, 0) is 18.3 Å². The van der Waals surface area contributed by atoms with Crippen molar-refractivity contribution in [2.75, 3.05) is 6.61 Å². The normalized spacial score (nSPS) is 21.9. The van der Waals surface area contributed by atoms with Gasteiger partial charge in [0.2, 0.25) is 0 Å². The smallest absolute Gasteiger partial charge is 0.320 e. The molecular weight excluding hydrogens is 186 g/mol. The van der Waals surface area contributed by atoms with Crippen LogP contribution in [0.25, 0.3) is 0 Å². The first-order valence-electron chi connectivity index (χ1n) is 5.18. The van der Waals surface area contributed by atoms with Crippen molar-refractivity contribution in [2.45, 2.75) is 53.1 Å². The summed E-state index contributed by atoms with van der Waals surface area (Å²) < 4.78 is 31.6. The molecule has 84 valence electrons. The van der Waals surface area contributed by atoms with Crippen molar-refractivity contribution >= 4 is 0 Å². The van der Waals surface area contributed by atoms with Crippen LogP contribution in [0.4, 0.5) is 8.78 Å². The van der Waals surface area contributed by atoms with E-state index in [9.17, 15) is 8.78 Å². The number of alkyl halides is 2. The minimum absolute atomic E-state index is 0.00528. The van der Waals surface area contributed by atoms with Crippen LogP contribution >= 0.6 is 0 Å². The second-order valence-corrected chi connectivity index (χ2v) is 5.72. The Morgan fingerprint density at radius 3 is 2.00 bits per heavy atom. The fraction of sp³-hybridized carbons (Fsp3) is 1.00. The Kier molecular flexibility index (Phi) is 2.92. The molecule has 0 bridgehead atoms. The lowest BCUT2D eigenvalue weighted by atomic mass is 9.71. The van der Waals surface area contributed by atoms with Gasteiger partial charge in [-0.15, -0.1) is 0 Å². The molecule has 0 radical (unpaired) electrons. The highest BCUT2D eigenvalue weighted by molar-refractivity contribution is 4.84. The lowest BCUT2D eigenvalue weighted by molar-refractivity contribution is -0.307. The zero-order valence-electron chi connectivity index (χ0n) is 9.49. The van der Waals surface area contributed by atoms with Crippen molar-refractivity contribution in [2.24, 2.45) is 10.8 Å². The molecule has 0 spiro atoms. The highest BCUT2D eigenvalue weighted by atomic mass is 19.3. The zero-order valence-corrected chi connectivity index (χ0v) is 9.49. The van der Waals surface area contributed by atoms with Crippen molar-refractivity contribution in [1.82, 2.24) is 0 Å². The number of rotatable bonds is 3. The van der Waals surface area contributed by atoms with E-state index in [2.05, 4.69) is 0 Å². The average molecular weight is 206 g/mol. The monoisotopic (exact) mass is 206 g/mol. The molecule has 3 heteroatoms. The summed E-state index contributed by atoms with van der Waals surface area (Å²) in [7, 11) is 0. The van der Waals surface area contributed by atoms with Crippen LogP contribution in [0.3, 0.4) is 0 Å². The van der Waals surface area contributed by atoms with E-state index in [1.807, 2.05) is 6.92 Å². The van der Waals surface area contributed by atoms with E-state index in [0.717, 1.165) is 19.3 Å². The highest BCUT2D eigenvalue weighted by Crippen LogP contribution is 2.44. The lowest BCUT2D eigenvalue weighted by Crippen LogP contribution is -2.41. The van der Waals surface area contributed by atoms with Crippen molar-refractivity contribution in [3.05, 3.63) is 0 Å². The van der Waals surface area contributed by atoms with Gasteiger partial charge in [-0.2, -0.15) is 8.78 Å². The third-order valence-electron chi connectivity index (χ3n) is 3.04. The van der Waals surface area contributed by atoms with Crippen LogP contribution in [-0.4, -0.2) is 12.7 Å². The molecule has 0 atom stereocenters. The maximum absolute atomic E-state index is 13.4. The van der Waals surface area contributed by atoms with Crippen molar-refractivity contribution in [3.8, 4) is 0 Å². The van der Waals surface area contributed by atoms with Gasteiger partial charge < -0.3 is 4.74 Å². The van der Waals surface area contributed by atoms with Gasteiger partial charge >= 0.3 is 6.11 Å². The Morgan fingerprint density at radius 1 is 1.21 bits per heavy atom. The molecular formula is C11H20F2O. The molecule has 0 unspecified atom stereocenters. The average Bonchev–Trinajstić information content (AvgIpc) is 1.95. The zero-order chi connectivity index (χ0) is 11.0. The van der Waals surface area contributed by atoms with E-state index in [4.69, 9.17) is 4.74 Å². The molecule has 0 aliphatic heterocycles. The topological polar surface area (TPSA) is 9.23 Å². The number of halogens is 2. The Bertz CT molecular complexity index is 202. The van der Waals surface area contributed by atoms with Gasteiger partial charge in [0.05, 0.1) is 12.0 Å². The van der Waals surface area contributed by atoms with Crippen molar-refractivity contribution < 1.29 is 13.5 Å². The number of ether oxygens (including phenoxy) is 1. The van der Waals surface area contributed by atoms with Gasteiger partial charge in [0.25, 0.3) is 0 Å². The quantitative estimate of drug-likeness (QED) is 0.681. The molecule has 0 aromatic rings. The first kappa shape index (κ1) is 11.9. The summed E-state index contributed by atoms with van der Waals surface area (Å²) in [4.78, 5) is 0. The summed E-state index contributed by atoms with van der Waals surface area (Å²) in [6.45, 7) is 6.68. The standard InChI is InChI=1S/C11H20F2O/c1-9(2,3)11(12,13)14-8-10(4)6-5-7-10/h5-8H2,1-4H3. The predicted octanol–water partition coefficient (Wildman–Crippen LogP) is 3.83. The third kappa shape index (κ3) is 2.44. The molecule has 0 N–H and O–H groups in total. The largest absolute Gasteiger partial charge is 0.360 e. The van der Waals surface area contributed by atoms with Gasteiger partial charge in [0.15, 0.2) is 0 Å². The van der Waals surface area contributed by atoms with E-state index in [0.29, 0.717) is 0 Å². The van der Waals surface area contributed by atoms with E-state index in [1.165, 1.54) is 20.8 Å². The van der Waals surface area contributed by atoms with Crippen LogP contribution in [-0.2, 0) is 4.74 Å². The predicted molar refractivity (Wildman–Crippen MR) is 52.3 cm³/mol. The number of hydrogen-bond acceptors (Lipinski definition) is 1. The molecule has 1 saturated carbocycles. The Labute approximate surface area is 84.8 Å². The van der Waals surface area contributed by atoms with Gasteiger partial charge in [-0.25, -0.2) is 0 Å². The third-order valence-corrected chi connectivity index (χ3v) is 3.04. The van der Waals surface area contributed by atoms with Crippen LogP contribution in [0.15, 0.2) is 0 Å². The molecule has 1 rings (SSSR count). The van der Waals surface area contributed by atoms with Crippen LogP contribution in [0.2, 0.25) is 0 Å². The van der Waals surface area contributed by atoms with Crippen LogP contribution in [0, 0.1) is 10.8 Å². The summed E-state index contributed by atoms with van der Waals surface area (Å²) in [6, 6.07) is 0. The van der Waals surface area contributed by atoms with Crippen molar-refractivity contribution in [1.29, 1.82) is 0 Å². The SMILES string of the molecule is CC1(COC(F)(F)C(C)(C)C)CCC1. The summed E-state index contributed by atoms with van der Waals surface area (Å²) in [5.74, 6) is 0. The molecule has 1 aliphatic rings. The maximum atomic E-state index is 13.4. The Hall–Kier alpha value is -0.180. The molecule has 0 aromatic carbocycles. The first-order chi connectivity index (χ1) is 6.16. The second-order valence-electron chi connectivity index (χ2n) is 5.72. The van der Waals surface area contributed by atoms with E-state index in [-0.39, 0.29) is 12.0 Å². The van der Waals surface area contributed by atoms with Crippen LogP contribution < -0.4 is 0 Å². The van der Waals surface area contributed by atoms with Gasteiger partial charge in [-0.3, -0.25) is 0 Å². The minimum atomic E-state index is -3.02. The maximum Gasteiger partial charge on any atom is 0.360 e. The van der Waals surface area contributed by atoms with Crippen molar-refractivity contribution in [3.63, 3.8) is 0 Å². The van der Waals surface area contributed by atoms with Gasteiger partial charge in [0, 0.05) is 0 Å². The van der Waals surface area contributed by atoms with E-state index < -0.39 is 11.5 Å². The summed E-state index contributed by atoms with van der Waals surface area (Å²) >= 11 is 0. The number of hydrogen-bond donors (Lipinski definition) is 0.